The Labute approximate surface area is 214 Å². The molecule has 1 fully saturated rings. The molecular weight excluding hydrogens is 513 g/mol. The summed E-state index contributed by atoms with van der Waals surface area (Å²) in [6.45, 7) is 1.70. The van der Waals surface area contributed by atoms with Crippen LogP contribution >= 0.6 is 11.6 Å². The standard InChI is InChI=1S/C25H20ClF3N4O4/c1-15-23(35)33(19-6-8-20(9-7-19)37-25(27,28)29)24(36)32(15)14-17-10-11-30-13-21(17)22(34)31-12-16-2-4-18(26)5-3-16/h2-11,13,15H,12,14H2,1H3,(H,31,34). The summed E-state index contributed by atoms with van der Waals surface area (Å²) >= 11 is 5.88. The van der Waals surface area contributed by atoms with E-state index in [1.165, 1.54) is 36.4 Å². The van der Waals surface area contributed by atoms with Crippen LogP contribution in [0.25, 0.3) is 0 Å². The van der Waals surface area contributed by atoms with Crippen LogP contribution < -0.4 is 15.0 Å². The smallest absolute Gasteiger partial charge is 0.406 e. The summed E-state index contributed by atoms with van der Waals surface area (Å²) in [5, 5.41) is 3.36. The Morgan fingerprint density at radius 2 is 1.76 bits per heavy atom. The molecule has 4 rings (SSSR count). The highest BCUT2D eigenvalue weighted by molar-refractivity contribution is 6.30. The molecule has 2 heterocycles. The van der Waals surface area contributed by atoms with Crippen molar-refractivity contribution in [1.82, 2.24) is 15.2 Å². The van der Waals surface area contributed by atoms with E-state index in [9.17, 15) is 27.6 Å². The van der Waals surface area contributed by atoms with Gasteiger partial charge in [-0.25, -0.2) is 9.69 Å². The van der Waals surface area contributed by atoms with E-state index in [0.717, 1.165) is 22.6 Å². The third kappa shape index (κ3) is 6.00. The maximum atomic E-state index is 13.2. The van der Waals surface area contributed by atoms with Crippen molar-refractivity contribution >= 4 is 35.1 Å². The number of hydrogen-bond donors (Lipinski definition) is 1. The van der Waals surface area contributed by atoms with Crippen LogP contribution in [0.3, 0.4) is 0 Å². The van der Waals surface area contributed by atoms with Crippen molar-refractivity contribution in [3.8, 4) is 5.75 Å². The molecule has 12 heteroatoms. The molecule has 1 aliphatic heterocycles. The Morgan fingerprint density at radius 3 is 2.41 bits per heavy atom. The topological polar surface area (TPSA) is 91.8 Å². The van der Waals surface area contributed by atoms with Gasteiger partial charge in [-0.15, -0.1) is 13.2 Å². The maximum absolute atomic E-state index is 13.2. The Kier molecular flexibility index (Phi) is 7.35. The van der Waals surface area contributed by atoms with Crippen molar-refractivity contribution in [3.63, 3.8) is 0 Å². The van der Waals surface area contributed by atoms with E-state index < -0.39 is 36.0 Å². The number of urea groups is 1. The minimum Gasteiger partial charge on any atom is -0.406 e. The number of amides is 4. The van der Waals surface area contributed by atoms with Gasteiger partial charge in [0.25, 0.3) is 11.8 Å². The van der Waals surface area contributed by atoms with Crippen LogP contribution in [0.5, 0.6) is 5.75 Å². The summed E-state index contributed by atoms with van der Waals surface area (Å²) in [5.41, 5.74) is 1.62. The van der Waals surface area contributed by atoms with Crippen molar-refractivity contribution in [1.29, 1.82) is 0 Å². The number of hydrogen-bond acceptors (Lipinski definition) is 5. The SMILES string of the molecule is CC1C(=O)N(c2ccc(OC(F)(F)F)cc2)C(=O)N1Cc1ccncc1C(=O)NCc1ccc(Cl)cc1. The van der Waals surface area contributed by atoms with E-state index in [2.05, 4.69) is 15.0 Å². The van der Waals surface area contributed by atoms with Gasteiger partial charge in [-0.1, -0.05) is 23.7 Å². The van der Waals surface area contributed by atoms with E-state index >= 15 is 0 Å². The number of pyridine rings is 1. The third-order valence-corrected chi connectivity index (χ3v) is 5.93. The van der Waals surface area contributed by atoms with Gasteiger partial charge < -0.3 is 15.0 Å². The Morgan fingerprint density at radius 1 is 1.08 bits per heavy atom. The van der Waals surface area contributed by atoms with Crippen molar-refractivity contribution in [2.45, 2.75) is 32.4 Å². The second kappa shape index (κ2) is 10.5. The molecule has 8 nitrogen and oxygen atoms in total. The molecule has 3 aromatic rings. The molecule has 1 aromatic heterocycles. The number of nitrogens with zero attached hydrogens (tertiary/aromatic N) is 3. The quantitative estimate of drug-likeness (QED) is 0.436. The zero-order chi connectivity index (χ0) is 26.7. The number of carbonyl (C=O) groups is 3. The van der Waals surface area contributed by atoms with Gasteiger partial charge in [0.05, 0.1) is 11.3 Å². The van der Waals surface area contributed by atoms with E-state index in [-0.39, 0.29) is 24.3 Å². The molecule has 2 aromatic carbocycles. The van der Waals surface area contributed by atoms with Crippen LogP contribution in [-0.4, -0.2) is 40.1 Å². The first kappa shape index (κ1) is 26.0. The van der Waals surface area contributed by atoms with Gasteiger partial charge in [0.15, 0.2) is 0 Å². The molecule has 1 saturated heterocycles. The second-order valence-corrected chi connectivity index (χ2v) is 8.58. The van der Waals surface area contributed by atoms with Gasteiger partial charge in [0, 0.05) is 30.5 Å². The maximum Gasteiger partial charge on any atom is 0.573 e. The van der Waals surface area contributed by atoms with Gasteiger partial charge >= 0.3 is 12.4 Å². The predicted molar refractivity (Wildman–Crippen MR) is 128 cm³/mol. The number of nitrogens with one attached hydrogen (secondary N) is 1. The number of alkyl halides is 3. The zero-order valence-electron chi connectivity index (χ0n) is 19.3. The molecule has 1 unspecified atom stereocenters. The third-order valence-electron chi connectivity index (χ3n) is 5.67. The molecule has 0 bridgehead atoms. The molecule has 192 valence electrons. The lowest BCUT2D eigenvalue weighted by Crippen LogP contribution is -2.34. The van der Waals surface area contributed by atoms with Gasteiger partial charge in [-0.3, -0.25) is 14.6 Å². The fourth-order valence-corrected chi connectivity index (χ4v) is 3.90. The van der Waals surface area contributed by atoms with E-state index in [1.807, 2.05) is 0 Å². The van der Waals surface area contributed by atoms with Crippen LogP contribution in [0, 0.1) is 0 Å². The first-order valence-corrected chi connectivity index (χ1v) is 11.4. The lowest BCUT2D eigenvalue weighted by molar-refractivity contribution is -0.274. The molecule has 1 atom stereocenters. The number of imide groups is 1. The van der Waals surface area contributed by atoms with Crippen molar-refractivity contribution in [3.05, 3.63) is 88.7 Å². The predicted octanol–water partition coefficient (Wildman–Crippen LogP) is 4.92. The largest absolute Gasteiger partial charge is 0.573 e. The van der Waals surface area contributed by atoms with Crippen LogP contribution in [0.4, 0.5) is 23.7 Å². The molecule has 4 amide bonds. The number of aromatic nitrogens is 1. The highest BCUT2D eigenvalue weighted by Gasteiger charge is 2.43. The van der Waals surface area contributed by atoms with Crippen molar-refractivity contribution in [2.75, 3.05) is 4.90 Å². The van der Waals surface area contributed by atoms with Gasteiger partial charge in [-0.05, 0) is 60.5 Å². The van der Waals surface area contributed by atoms with E-state index in [0.29, 0.717) is 10.6 Å². The monoisotopic (exact) mass is 532 g/mol. The molecule has 1 N–H and O–H groups in total. The first-order chi connectivity index (χ1) is 17.5. The Hall–Kier alpha value is -4.12. The molecule has 0 saturated carbocycles. The summed E-state index contributed by atoms with van der Waals surface area (Å²) in [4.78, 5) is 45.1. The second-order valence-electron chi connectivity index (χ2n) is 8.14. The minimum absolute atomic E-state index is 0.0657. The summed E-state index contributed by atoms with van der Waals surface area (Å²) in [6, 6.07) is 11.4. The number of ether oxygens (including phenoxy) is 1. The summed E-state index contributed by atoms with van der Waals surface area (Å²) in [6.07, 6.45) is -2.03. The fourth-order valence-electron chi connectivity index (χ4n) is 3.78. The van der Waals surface area contributed by atoms with Gasteiger partial charge in [-0.2, -0.15) is 0 Å². The average Bonchev–Trinajstić information content (AvgIpc) is 3.06. The molecule has 0 aliphatic carbocycles. The number of benzene rings is 2. The van der Waals surface area contributed by atoms with Crippen molar-refractivity contribution in [2.24, 2.45) is 0 Å². The lowest BCUT2D eigenvalue weighted by atomic mass is 10.1. The van der Waals surface area contributed by atoms with Gasteiger partial charge in [0.1, 0.15) is 11.8 Å². The Bertz CT molecular complexity index is 1320. The van der Waals surface area contributed by atoms with Crippen LogP contribution in [-0.2, 0) is 17.9 Å². The molecule has 0 spiro atoms. The summed E-state index contributed by atoms with van der Waals surface area (Å²) in [7, 11) is 0. The Balaban J connectivity index is 1.49. The lowest BCUT2D eigenvalue weighted by Gasteiger charge is -2.21. The zero-order valence-corrected chi connectivity index (χ0v) is 20.1. The molecule has 37 heavy (non-hydrogen) atoms. The number of halogens is 4. The van der Waals surface area contributed by atoms with Crippen LogP contribution in [0.15, 0.2) is 67.0 Å². The van der Waals surface area contributed by atoms with E-state index in [4.69, 9.17) is 11.6 Å². The summed E-state index contributed by atoms with van der Waals surface area (Å²) in [5.74, 6) is -1.45. The highest BCUT2D eigenvalue weighted by atomic mass is 35.5. The molecule has 0 radical (unpaired) electrons. The summed E-state index contributed by atoms with van der Waals surface area (Å²) < 4.78 is 41.1. The number of anilines is 1. The number of carbonyl (C=O) groups excluding carboxylic acids is 3. The molecule has 1 aliphatic rings. The number of rotatable bonds is 7. The van der Waals surface area contributed by atoms with Gasteiger partial charge in [0.2, 0.25) is 0 Å². The fraction of sp³-hybridized carbons (Fsp3) is 0.200. The first-order valence-electron chi connectivity index (χ1n) is 11.0. The normalized spacial score (nSPS) is 15.8. The molecular formula is C25H20ClF3N4O4. The highest BCUT2D eigenvalue weighted by Crippen LogP contribution is 2.30. The van der Waals surface area contributed by atoms with Crippen LogP contribution in [0.1, 0.15) is 28.4 Å². The average molecular weight is 533 g/mol. The van der Waals surface area contributed by atoms with E-state index in [1.54, 1.807) is 30.3 Å². The minimum atomic E-state index is -4.87. The van der Waals surface area contributed by atoms with Crippen molar-refractivity contribution < 1.29 is 32.3 Å². The van der Waals surface area contributed by atoms with Crippen LogP contribution in [0.2, 0.25) is 5.02 Å².